The van der Waals surface area contributed by atoms with Crippen molar-refractivity contribution >= 4 is 165 Å². The van der Waals surface area contributed by atoms with Gasteiger partial charge >= 0.3 is 0 Å². The Hall–Kier alpha value is -10.9. The first-order valence-corrected chi connectivity index (χ1v) is 51.2. The number of aryl methyl sites for hydroxylation is 3. The van der Waals surface area contributed by atoms with Crippen molar-refractivity contribution in [3.05, 3.63) is 140 Å². The van der Waals surface area contributed by atoms with Crippen LogP contribution in [0.2, 0.25) is 5.02 Å². The molecule has 0 aliphatic heterocycles. The highest BCUT2D eigenvalue weighted by molar-refractivity contribution is 9.10. The number of imidazole rings is 6. The van der Waals surface area contributed by atoms with E-state index in [2.05, 4.69) is 127 Å². The third kappa shape index (κ3) is 29.2. The summed E-state index contributed by atoms with van der Waals surface area (Å²) in [6.07, 6.45) is 12.0. The molecule has 0 bridgehead atoms. The van der Waals surface area contributed by atoms with E-state index in [1.807, 2.05) is 108 Å². The lowest BCUT2D eigenvalue weighted by atomic mass is 9.78. The Morgan fingerprint density at radius 2 is 0.678 bits per heavy atom. The molecule has 4 aliphatic carbocycles. The van der Waals surface area contributed by atoms with Crippen molar-refractivity contribution in [2.24, 2.45) is 0 Å². The fraction of sp³-hybridized carbons (Fsp3) is 0.556. The normalized spacial score (nSPS) is 15.7. The number of benzene rings is 6. The number of aromatic nitrogens is 12. The van der Waals surface area contributed by atoms with Crippen LogP contribution in [0.3, 0.4) is 0 Å². The van der Waals surface area contributed by atoms with Gasteiger partial charge in [0.05, 0.1) is 127 Å². The van der Waals surface area contributed by atoms with Gasteiger partial charge in [0.2, 0.25) is 71.1 Å². The van der Waals surface area contributed by atoms with Crippen LogP contribution in [0.5, 0.6) is 0 Å². The zero-order chi connectivity index (χ0) is 108. The molecule has 6 aromatic heterocycles. The van der Waals surface area contributed by atoms with Gasteiger partial charge in [-0.2, -0.15) is 0 Å². The van der Waals surface area contributed by atoms with Gasteiger partial charge in [-0.05, 0) is 343 Å². The molecule has 6 heterocycles. The quantitative estimate of drug-likeness (QED) is 0.0203. The Balaban J connectivity index is 0.000000167. The molecule has 2 unspecified atom stereocenters. The number of nitrogens with zero attached hydrogens (tertiary/aromatic N) is 12. The minimum atomic E-state index is -1.63. The van der Waals surface area contributed by atoms with E-state index >= 15 is 0 Å². The number of hydrogen-bond acceptors (Lipinski definition) is 20. The second-order valence-electron chi connectivity index (χ2n) is 45.7. The summed E-state index contributed by atoms with van der Waals surface area (Å²) >= 11 is 9.76. The van der Waals surface area contributed by atoms with E-state index in [0.29, 0.717) is 68.6 Å². The summed E-state index contributed by atoms with van der Waals surface area (Å²) in [5.41, 5.74) is 1.89. The number of carbonyl (C=O) groups is 6. The molecule has 4 saturated carbocycles. The SMILES string of the molecule is CC(C)(O)CC(=O)Nc1nc2c(Cl)cc(Br)cc2n1C1CCC1.CC(C)(O)CC(=O)Nc1nc2c(F)cc(C(C)(C)O)cc2n1C1(C)CCC1.CC(C)(O)CC(=O)Nc1nc2c(F)cc(C(C)(C)O)cc2n1C1CCC1.CCC(O)(CF)CC(=O)Nc1nc2ccc(C)cc2n1C(C)(C)C.CCC(O)(CF)CC(=O)Nc1nc2ccc(C)cc2n1C1CCC1.Cc1ccc2nc(NC(=O)CC(C)(C)O)n(C(C)(C)C)c2c1. The molecule has 16 rings (SSSR count). The van der Waals surface area contributed by atoms with Crippen LogP contribution in [-0.2, 0) is 56.6 Å². The van der Waals surface area contributed by atoms with Gasteiger partial charge in [-0.15, -0.1) is 0 Å². The molecular weight excluding hydrogens is 1960 g/mol. The number of halogens is 6. The van der Waals surface area contributed by atoms with Gasteiger partial charge < -0.3 is 68.3 Å². The summed E-state index contributed by atoms with van der Waals surface area (Å²) in [4.78, 5) is 100. The van der Waals surface area contributed by atoms with E-state index in [1.165, 1.54) is 25.0 Å². The van der Waals surface area contributed by atoms with Crippen molar-refractivity contribution in [2.75, 3.05) is 45.2 Å². The standard InChI is InChI=1S/C20H28FN3O3.C19H26FN3O3.C18H24FN3O2.C18H26FN3O2.C17H25N3O2.C16H19BrClN3O2/c1-18(2,26)11-15(25)22-17-23-16-13(21)9-12(19(3,4)27)10-14(16)24(17)20(5)7-6-8-20;1-18(2,25)10-15(24)21-17-22-16-13(20)8-11(19(3,4)26)9-14(16)23(17)12-6-5-7-12;1-3-18(24,11-19)10-16(23)21-17-20-14-8-7-12(2)9-15(14)22(17)13-5-4-6-13;1-6-18(24,11-19)10-15(23)21-16-20-13-8-7-12(2)9-14(13)22(16)17(3,4)5;1-11-7-8-12-13(9-11)20(16(2,3)4)15(18-12)19-14(21)10-17(5,6)22;1-16(2,23)8-13(22)19-15-20-14-11(18)6-9(17)7-12(14)21(15)10-4-3-5-10/h9-10,26-27H,6-8,11H2,1-5H3,(H,22,23,25);8-9,12,25-26H,5-7,10H2,1-4H3,(H,21,22,24);7-9,13,24H,3-6,10-11H2,1-2H3,(H,20,21,23);7-9,24H,6,10-11H2,1-5H3,(H,20,21,23);7-9,22H,10H2,1-6H3,(H,18,19,21);6-7,10,23H,3-5,8H2,1-2H3,(H,19,20,22). The first-order valence-electron chi connectivity index (χ1n) is 50.0. The molecule has 0 radical (unpaired) electrons. The fourth-order valence-corrected chi connectivity index (χ4v) is 18.6. The average molecular weight is 2110 g/mol. The van der Waals surface area contributed by atoms with E-state index in [1.54, 1.807) is 115 Å². The summed E-state index contributed by atoms with van der Waals surface area (Å²) in [5, 5.41) is 97.1. The molecular formula is C108H148BrClF4N18O14. The van der Waals surface area contributed by atoms with Crippen molar-refractivity contribution < 1.29 is 87.2 Å². The van der Waals surface area contributed by atoms with Crippen LogP contribution in [-0.4, -0.2) is 181 Å². The van der Waals surface area contributed by atoms with Crippen LogP contribution in [0.1, 0.15) is 320 Å². The number of anilines is 6. The van der Waals surface area contributed by atoms with Crippen LogP contribution >= 0.6 is 27.5 Å². The molecule has 4 aliphatic rings. The largest absolute Gasteiger partial charge is 0.390 e. The van der Waals surface area contributed by atoms with Crippen LogP contribution in [0.15, 0.2) is 95.5 Å². The summed E-state index contributed by atoms with van der Waals surface area (Å²) in [6.45, 7) is 40.9. The number of hydrogen-bond donors (Lipinski definition) is 14. The molecule has 32 nitrogen and oxygen atoms in total. The summed E-state index contributed by atoms with van der Waals surface area (Å²) in [5.74, 6) is -0.734. The number of aliphatic hydroxyl groups is 8. The number of carbonyl (C=O) groups excluding carboxylic acids is 6. The number of rotatable bonds is 28. The molecule has 6 aromatic carbocycles. The van der Waals surface area contributed by atoms with Gasteiger partial charge in [0.15, 0.2) is 11.6 Å². The van der Waals surface area contributed by atoms with Gasteiger partial charge in [0.25, 0.3) is 0 Å². The molecule has 38 heteroatoms. The number of nitrogens with one attached hydrogen (secondary N) is 6. The highest BCUT2D eigenvalue weighted by Crippen LogP contribution is 2.47. The fourth-order valence-electron chi connectivity index (χ4n) is 17.8. The first-order chi connectivity index (χ1) is 67.5. The van der Waals surface area contributed by atoms with Gasteiger partial charge in [0.1, 0.15) is 41.1 Å². The highest BCUT2D eigenvalue weighted by Gasteiger charge is 2.41. The minimum absolute atomic E-state index is 0.0122. The van der Waals surface area contributed by atoms with Gasteiger partial charge in [0, 0.05) is 39.2 Å². The lowest BCUT2D eigenvalue weighted by molar-refractivity contribution is -0.123. The predicted molar refractivity (Wildman–Crippen MR) is 569 cm³/mol. The third-order valence-corrected chi connectivity index (χ3v) is 27.1. The van der Waals surface area contributed by atoms with Crippen molar-refractivity contribution in [1.29, 1.82) is 0 Å². The second-order valence-corrected chi connectivity index (χ2v) is 47.0. The summed E-state index contributed by atoms with van der Waals surface area (Å²) in [6, 6.07) is 28.5. The van der Waals surface area contributed by atoms with E-state index in [4.69, 9.17) is 11.6 Å². The third-order valence-electron chi connectivity index (χ3n) is 26.4. The minimum Gasteiger partial charge on any atom is -0.390 e. The number of amides is 6. The molecule has 12 aromatic rings. The van der Waals surface area contributed by atoms with E-state index in [0.717, 1.165) is 124 Å². The van der Waals surface area contributed by atoms with E-state index in [-0.39, 0.29) is 121 Å². The average Bonchev–Trinajstić information content (AvgIpc) is 1.67. The molecule has 146 heavy (non-hydrogen) atoms. The van der Waals surface area contributed by atoms with Gasteiger partial charge in [-0.1, -0.05) is 59.6 Å². The number of fused-ring (bicyclic) bond motifs is 6. The van der Waals surface area contributed by atoms with E-state index < -0.39 is 81.6 Å². The van der Waals surface area contributed by atoms with Crippen LogP contribution in [0, 0.1) is 32.4 Å². The topological polar surface area (TPSA) is 443 Å². The van der Waals surface area contributed by atoms with Crippen LogP contribution in [0.25, 0.3) is 66.2 Å². The molecule has 6 amide bonds. The lowest BCUT2D eigenvalue weighted by Crippen LogP contribution is -2.39. The van der Waals surface area contributed by atoms with Crippen molar-refractivity contribution in [1.82, 2.24) is 57.3 Å². The maximum atomic E-state index is 14.7. The highest BCUT2D eigenvalue weighted by atomic mass is 79.9. The Bertz CT molecular complexity index is 6760. The van der Waals surface area contributed by atoms with Gasteiger partial charge in [-0.25, -0.2) is 47.5 Å². The summed E-state index contributed by atoms with van der Waals surface area (Å²) < 4.78 is 68.0. The molecule has 4 fully saturated rings. The van der Waals surface area contributed by atoms with Crippen molar-refractivity contribution in [2.45, 2.75) is 374 Å². The molecule has 2 atom stereocenters. The molecule has 796 valence electrons. The van der Waals surface area contributed by atoms with Crippen molar-refractivity contribution in [3.8, 4) is 0 Å². The zero-order valence-corrected chi connectivity index (χ0v) is 91.0. The Kier molecular flexibility index (Phi) is 35.5. The Morgan fingerprint density at radius 3 is 1.00 bits per heavy atom. The van der Waals surface area contributed by atoms with Crippen molar-refractivity contribution in [3.63, 3.8) is 0 Å². The zero-order valence-electron chi connectivity index (χ0n) is 88.6. The molecule has 14 N–H and O–H groups in total. The smallest absolute Gasteiger partial charge is 0.229 e. The maximum Gasteiger partial charge on any atom is 0.229 e. The lowest BCUT2D eigenvalue weighted by Gasteiger charge is -2.41. The number of alkyl halides is 2. The predicted octanol–water partition coefficient (Wildman–Crippen LogP) is 21.2. The molecule has 0 saturated heterocycles. The molecule has 0 spiro atoms. The maximum absolute atomic E-state index is 14.7. The second kappa shape index (κ2) is 44.9. The van der Waals surface area contributed by atoms with E-state index in [9.17, 15) is 87.2 Å². The van der Waals surface area contributed by atoms with Crippen LogP contribution < -0.4 is 31.9 Å². The Morgan fingerprint density at radius 1 is 0.384 bits per heavy atom. The monoisotopic (exact) mass is 2110 g/mol. The first kappa shape index (κ1) is 115. The van der Waals surface area contributed by atoms with Crippen LogP contribution in [0.4, 0.5) is 53.3 Å². The van der Waals surface area contributed by atoms with Gasteiger partial charge in [-0.3, -0.25) is 60.7 Å². The summed E-state index contributed by atoms with van der Waals surface area (Å²) in [7, 11) is 0. The Labute approximate surface area is 863 Å².